The third-order valence-corrected chi connectivity index (χ3v) is 8.12. The summed E-state index contributed by atoms with van der Waals surface area (Å²) in [5, 5.41) is 4.25. The summed E-state index contributed by atoms with van der Waals surface area (Å²) >= 11 is 3.69. The van der Waals surface area contributed by atoms with E-state index in [9.17, 15) is 9.59 Å². The Morgan fingerprint density at radius 3 is 2.02 bits per heavy atom. The fourth-order valence-corrected chi connectivity index (χ4v) is 5.25. The Morgan fingerprint density at radius 1 is 0.850 bits per heavy atom. The first kappa shape index (κ1) is 35.5. The van der Waals surface area contributed by atoms with Gasteiger partial charge in [0.2, 0.25) is 0 Å². The SMILES string of the molecule is CC.CCCCc1cccs1.CCc1cccs1.O=CCCCCN1CCN(C(=O)OCc2ccccc2)CC1. The Hall–Kier alpha value is -2.48. The summed E-state index contributed by atoms with van der Waals surface area (Å²) in [6.45, 7) is 12.9. The van der Waals surface area contributed by atoms with Gasteiger partial charge in [0.15, 0.2) is 0 Å². The number of hydrogen-bond donors (Lipinski definition) is 0. The largest absolute Gasteiger partial charge is 0.445 e. The van der Waals surface area contributed by atoms with Crippen molar-refractivity contribution < 1.29 is 14.3 Å². The molecule has 0 unspecified atom stereocenters. The Bertz CT molecular complexity index is 955. The molecule has 0 bridgehead atoms. The van der Waals surface area contributed by atoms with Crippen molar-refractivity contribution in [2.75, 3.05) is 32.7 Å². The van der Waals surface area contributed by atoms with Gasteiger partial charge in [0.25, 0.3) is 0 Å². The van der Waals surface area contributed by atoms with E-state index in [4.69, 9.17) is 4.74 Å². The van der Waals surface area contributed by atoms with E-state index in [0.717, 1.165) is 44.3 Å². The Balaban J connectivity index is 0.000000361. The Morgan fingerprint density at radius 2 is 1.50 bits per heavy atom. The number of nitrogens with zero attached hydrogens (tertiary/aromatic N) is 2. The van der Waals surface area contributed by atoms with Crippen molar-refractivity contribution in [2.24, 2.45) is 0 Å². The number of thiophene rings is 2. The molecule has 0 atom stereocenters. The molecular weight excluding hydrogens is 537 g/mol. The fourth-order valence-electron chi connectivity index (χ4n) is 3.85. The van der Waals surface area contributed by atoms with Gasteiger partial charge in [-0.05, 0) is 67.1 Å². The lowest BCUT2D eigenvalue weighted by atomic mass is 10.2. The lowest BCUT2D eigenvalue weighted by molar-refractivity contribution is -0.107. The predicted octanol–water partition coefficient (Wildman–Crippen LogP) is 8.74. The van der Waals surface area contributed by atoms with Crippen LogP contribution >= 0.6 is 22.7 Å². The monoisotopic (exact) mass is 586 g/mol. The first-order valence-electron chi connectivity index (χ1n) is 14.8. The van der Waals surface area contributed by atoms with Crippen LogP contribution in [0.2, 0.25) is 0 Å². The van der Waals surface area contributed by atoms with E-state index >= 15 is 0 Å². The molecule has 40 heavy (non-hydrogen) atoms. The van der Waals surface area contributed by atoms with Crippen molar-refractivity contribution in [1.82, 2.24) is 9.80 Å². The van der Waals surface area contributed by atoms with Crippen LogP contribution in [0.3, 0.4) is 0 Å². The molecule has 2 aromatic heterocycles. The molecule has 0 radical (unpaired) electrons. The number of ether oxygens (including phenoxy) is 1. The Labute approximate surface area is 251 Å². The van der Waals surface area contributed by atoms with Crippen LogP contribution < -0.4 is 0 Å². The number of aryl methyl sites for hydroxylation is 2. The van der Waals surface area contributed by atoms with E-state index in [1.807, 2.05) is 66.9 Å². The molecule has 0 saturated carbocycles. The quantitative estimate of drug-likeness (QED) is 0.166. The fraction of sp³-hybridized carbons (Fsp3) is 0.515. The van der Waals surface area contributed by atoms with Gasteiger partial charge >= 0.3 is 6.09 Å². The van der Waals surface area contributed by atoms with Gasteiger partial charge in [-0.3, -0.25) is 4.90 Å². The van der Waals surface area contributed by atoms with Gasteiger partial charge in [0.05, 0.1) is 0 Å². The first-order valence-corrected chi connectivity index (χ1v) is 16.6. The average Bonchev–Trinajstić information content (AvgIpc) is 3.75. The highest BCUT2D eigenvalue weighted by Gasteiger charge is 2.21. The van der Waals surface area contributed by atoms with Gasteiger partial charge in [-0.1, -0.05) is 76.6 Å². The zero-order chi connectivity index (χ0) is 29.3. The van der Waals surface area contributed by atoms with Crippen molar-refractivity contribution in [3.63, 3.8) is 0 Å². The van der Waals surface area contributed by atoms with Crippen LogP contribution in [0.5, 0.6) is 0 Å². The minimum atomic E-state index is -0.232. The van der Waals surface area contributed by atoms with Crippen LogP contribution in [-0.2, 0) is 29.0 Å². The van der Waals surface area contributed by atoms with Crippen LogP contribution in [0.25, 0.3) is 0 Å². The van der Waals surface area contributed by atoms with Crippen LogP contribution in [0, 0.1) is 0 Å². The van der Waals surface area contributed by atoms with Gasteiger partial charge < -0.3 is 14.4 Å². The molecule has 4 rings (SSSR count). The molecule has 1 aliphatic rings. The van der Waals surface area contributed by atoms with Crippen molar-refractivity contribution in [1.29, 1.82) is 0 Å². The molecule has 0 N–H and O–H groups in total. The molecule has 5 nitrogen and oxygen atoms in total. The van der Waals surface area contributed by atoms with Crippen LogP contribution in [0.4, 0.5) is 4.79 Å². The first-order chi connectivity index (χ1) is 19.7. The number of carbonyl (C=O) groups excluding carboxylic acids is 2. The third-order valence-electron chi connectivity index (χ3n) is 6.17. The van der Waals surface area contributed by atoms with E-state index in [2.05, 4.69) is 53.8 Å². The van der Waals surface area contributed by atoms with Gasteiger partial charge in [-0.2, -0.15) is 0 Å². The second-order valence-electron chi connectivity index (χ2n) is 9.15. The van der Waals surface area contributed by atoms with E-state index in [1.165, 1.54) is 35.4 Å². The van der Waals surface area contributed by atoms with Crippen molar-refractivity contribution in [2.45, 2.75) is 79.2 Å². The molecule has 1 fully saturated rings. The van der Waals surface area contributed by atoms with E-state index in [0.29, 0.717) is 26.1 Å². The maximum Gasteiger partial charge on any atom is 0.410 e. The van der Waals surface area contributed by atoms with Crippen LogP contribution in [0.1, 0.15) is 75.1 Å². The maximum atomic E-state index is 12.0. The average molecular weight is 587 g/mol. The van der Waals surface area contributed by atoms with E-state index in [-0.39, 0.29) is 6.09 Å². The van der Waals surface area contributed by atoms with Crippen molar-refractivity contribution >= 4 is 35.1 Å². The number of unbranched alkanes of at least 4 members (excludes halogenated alkanes) is 3. The number of rotatable bonds is 11. The number of hydrogen-bond acceptors (Lipinski definition) is 6. The standard InChI is InChI=1S/C17H24N2O3.C8H12S.C6H8S.C2H6/c20-14-6-2-5-9-18-10-12-19(13-11-18)17(21)22-15-16-7-3-1-4-8-16;1-2-3-5-8-6-4-7-9-8;1-2-6-4-3-5-7-6;1-2/h1,3-4,7-8,14H,2,5-6,9-13,15H2;4,6-7H,2-3,5H2,1H3;3-5H,2H2,1H3;1-2H3. The minimum absolute atomic E-state index is 0.232. The normalized spacial score (nSPS) is 12.6. The highest BCUT2D eigenvalue weighted by molar-refractivity contribution is 7.10. The van der Waals surface area contributed by atoms with E-state index in [1.54, 1.807) is 4.90 Å². The third kappa shape index (κ3) is 16.6. The molecule has 7 heteroatoms. The van der Waals surface area contributed by atoms with Gasteiger partial charge in [0, 0.05) is 42.4 Å². The molecule has 3 aromatic rings. The van der Waals surface area contributed by atoms with Crippen LogP contribution in [-0.4, -0.2) is 54.9 Å². The van der Waals surface area contributed by atoms with Gasteiger partial charge in [0.1, 0.15) is 12.9 Å². The summed E-state index contributed by atoms with van der Waals surface area (Å²) in [5.74, 6) is 0. The van der Waals surface area contributed by atoms with Crippen molar-refractivity contribution in [3.8, 4) is 0 Å². The maximum absolute atomic E-state index is 12.0. The number of carbonyl (C=O) groups is 2. The second kappa shape index (κ2) is 24.3. The van der Waals surface area contributed by atoms with Gasteiger partial charge in [-0.15, -0.1) is 22.7 Å². The number of aldehydes is 1. The summed E-state index contributed by atoms with van der Waals surface area (Å²) in [5.41, 5.74) is 1.00. The molecule has 1 aromatic carbocycles. The molecule has 1 aliphatic heterocycles. The summed E-state index contributed by atoms with van der Waals surface area (Å²) in [6.07, 6.45) is 8.46. The summed E-state index contributed by atoms with van der Waals surface area (Å²) in [7, 11) is 0. The summed E-state index contributed by atoms with van der Waals surface area (Å²) in [6, 6.07) is 18.3. The molecule has 222 valence electrons. The zero-order valence-electron chi connectivity index (χ0n) is 25.1. The number of amides is 1. The van der Waals surface area contributed by atoms with E-state index < -0.39 is 0 Å². The van der Waals surface area contributed by atoms with Crippen molar-refractivity contribution in [3.05, 3.63) is 80.7 Å². The highest BCUT2D eigenvalue weighted by Crippen LogP contribution is 2.11. The molecular formula is C33H50N2O3S2. The molecule has 0 aliphatic carbocycles. The Kier molecular flexibility index (Phi) is 21.6. The molecule has 0 spiro atoms. The molecule has 3 heterocycles. The molecule has 1 amide bonds. The summed E-state index contributed by atoms with van der Waals surface area (Å²) in [4.78, 5) is 29.4. The highest BCUT2D eigenvalue weighted by atomic mass is 32.1. The lowest BCUT2D eigenvalue weighted by Crippen LogP contribution is -2.48. The number of benzene rings is 1. The zero-order valence-corrected chi connectivity index (χ0v) is 26.7. The predicted molar refractivity (Wildman–Crippen MR) is 173 cm³/mol. The lowest BCUT2D eigenvalue weighted by Gasteiger charge is -2.34. The minimum Gasteiger partial charge on any atom is -0.445 e. The topological polar surface area (TPSA) is 49.9 Å². The summed E-state index contributed by atoms with van der Waals surface area (Å²) < 4.78 is 5.35. The second-order valence-corrected chi connectivity index (χ2v) is 11.2. The van der Waals surface area contributed by atoms with Crippen LogP contribution in [0.15, 0.2) is 65.4 Å². The van der Waals surface area contributed by atoms with Gasteiger partial charge in [-0.25, -0.2) is 4.79 Å². The smallest absolute Gasteiger partial charge is 0.410 e. The number of piperazine rings is 1. The molecule has 1 saturated heterocycles.